The number of fused-ring (bicyclic) bond motifs is 1. The van der Waals surface area contributed by atoms with Crippen LogP contribution in [0.2, 0.25) is 0 Å². The Labute approximate surface area is 220 Å². The molecule has 0 bridgehead atoms. The highest BCUT2D eigenvalue weighted by atomic mass is 32.2. The molecular formula is C30H29NO3S2. The van der Waals surface area contributed by atoms with E-state index in [1.54, 1.807) is 23.5 Å². The van der Waals surface area contributed by atoms with Gasteiger partial charge in [0.15, 0.2) is 0 Å². The van der Waals surface area contributed by atoms with E-state index in [1.807, 2.05) is 61.7 Å². The minimum absolute atomic E-state index is 0.365. The molecule has 0 aliphatic carbocycles. The Morgan fingerprint density at radius 3 is 2.39 bits per heavy atom. The van der Waals surface area contributed by atoms with E-state index in [4.69, 9.17) is 0 Å². The first-order valence-corrected chi connectivity index (χ1v) is 14.2. The van der Waals surface area contributed by atoms with E-state index < -0.39 is 12.0 Å². The highest BCUT2D eigenvalue weighted by molar-refractivity contribution is 7.98. The fourth-order valence-electron chi connectivity index (χ4n) is 4.13. The molecular weight excluding hydrogens is 486 g/mol. The van der Waals surface area contributed by atoms with Crippen LogP contribution in [0.5, 0.6) is 0 Å². The monoisotopic (exact) mass is 515 g/mol. The molecule has 0 radical (unpaired) electrons. The molecule has 2 N–H and O–H groups in total. The standard InChI is InChI=1S/C30H29NO3S2/c1-20-7-3-6-10-25(20)27-17-21(19-36-24-13-12-22-8-4-5-9-23(22)18-24)11-14-26(27)29(32)31-28(30(33)34)15-16-35-2/h3-14,17-18,28H,15-16,19H2,1-2H3,(H,31,32)(H,33,34)/t28-/m0/s1. The Kier molecular flexibility index (Phi) is 8.73. The third-order valence-corrected chi connectivity index (χ3v) is 7.81. The number of rotatable bonds is 10. The minimum Gasteiger partial charge on any atom is -0.480 e. The van der Waals surface area contributed by atoms with Crippen LogP contribution < -0.4 is 5.32 Å². The SMILES string of the molecule is CSCC[C@H](NC(=O)c1ccc(CSc2ccc3ccccc3c2)cc1-c1ccccc1C)C(=O)O. The Balaban J connectivity index is 1.61. The second-order valence-corrected chi connectivity index (χ2v) is 10.7. The number of carbonyl (C=O) groups is 2. The molecule has 184 valence electrons. The molecule has 4 rings (SSSR count). The molecule has 0 saturated heterocycles. The molecule has 0 spiro atoms. The number of aryl methyl sites for hydroxylation is 1. The van der Waals surface area contributed by atoms with Crippen LogP contribution in [0.3, 0.4) is 0 Å². The number of nitrogens with one attached hydrogen (secondary N) is 1. The molecule has 0 heterocycles. The molecule has 1 atom stereocenters. The van der Waals surface area contributed by atoms with Crippen molar-refractivity contribution in [2.45, 2.75) is 30.0 Å². The Hall–Kier alpha value is -3.22. The summed E-state index contributed by atoms with van der Waals surface area (Å²) >= 11 is 3.32. The lowest BCUT2D eigenvalue weighted by Gasteiger charge is -2.17. The maximum Gasteiger partial charge on any atom is 0.326 e. The first kappa shape index (κ1) is 25.9. The maximum atomic E-state index is 13.3. The van der Waals surface area contributed by atoms with Crippen molar-refractivity contribution in [1.82, 2.24) is 5.32 Å². The van der Waals surface area contributed by atoms with Gasteiger partial charge in [0.2, 0.25) is 0 Å². The minimum atomic E-state index is -1.02. The number of carboxylic acid groups (broad SMARTS) is 1. The van der Waals surface area contributed by atoms with Crippen LogP contribution in [-0.4, -0.2) is 35.0 Å². The number of hydrogen-bond donors (Lipinski definition) is 2. The Morgan fingerprint density at radius 1 is 0.889 bits per heavy atom. The maximum absolute atomic E-state index is 13.3. The lowest BCUT2D eigenvalue weighted by Crippen LogP contribution is -2.41. The third kappa shape index (κ3) is 6.31. The number of hydrogen-bond acceptors (Lipinski definition) is 4. The largest absolute Gasteiger partial charge is 0.480 e. The number of aliphatic carboxylic acids is 1. The fraction of sp³-hybridized carbons (Fsp3) is 0.200. The third-order valence-electron chi connectivity index (χ3n) is 6.10. The quantitative estimate of drug-likeness (QED) is 0.222. The summed E-state index contributed by atoms with van der Waals surface area (Å²) in [6.45, 7) is 2.02. The van der Waals surface area contributed by atoms with E-state index >= 15 is 0 Å². The fourth-order valence-corrected chi connectivity index (χ4v) is 5.49. The van der Waals surface area contributed by atoms with E-state index in [1.165, 1.54) is 15.7 Å². The summed E-state index contributed by atoms with van der Waals surface area (Å²) < 4.78 is 0. The molecule has 1 amide bonds. The van der Waals surface area contributed by atoms with Crippen LogP contribution in [0.1, 0.15) is 27.9 Å². The van der Waals surface area contributed by atoms with Gasteiger partial charge in [-0.2, -0.15) is 11.8 Å². The van der Waals surface area contributed by atoms with E-state index in [2.05, 4.69) is 41.7 Å². The Bertz CT molecular complexity index is 1390. The second kappa shape index (κ2) is 12.2. The van der Waals surface area contributed by atoms with Crippen molar-refractivity contribution in [1.29, 1.82) is 0 Å². The van der Waals surface area contributed by atoms with Gasteiger partial charge < -0.3 is 10.4 Å². The first-order valence-electron chi connectivity index (χ1n) is 11.8. The molecule has 0 unspecified atom stereocenters. The van der Waals surface area contributed by atoms with Gasteiger partial charge in [-0.15, -0.1) is 11.8 Å². The van der Waals surface area contributed by atoms with Crippen LogP contribution in [0.15, 0.2) is 89.8 Å². The zero-order chi connectivity index (χ0) is 25.5. The van der Waals surface area contributed by atoms with Crippen molar-refractivity contribution < 1.29 is 14.7 Å². The van der Waals surface area contributed by atoms with Crippen molar-refractivity contribution in [3.8, 4) is 11.1 Å². The number of amides is 1. The molecule has 36 heavy (non-hydrogen) atoms. The van der Waals surface area contributed by atoms with E-state index in [0.29, 0.717) is 17.7 Å². The van der Waals surface area contributed by atoms with Gasteiger partial charge in [-0.1, -0.05) is 60.7 Å². The number of carboxylic acids is 1. The Morgan fingerprint density at radius 2 is 1.64 bits per heavy atom. The molecule has 0 aliphatic heterocycles. The summed E-state index contributed by atoms with van der Waals surface area (Å²) in [6.07, 6.45) is 2.30. The van der Waals surface area contributed by atoms with Crippen LogP contribution in [0.25, 0.3) is 21.9 Å². The molecule has 4 aromatic rings. The van der Waals surface area contributed by atoms with Crippen molar-refractivity contribution in [2.75, 3.05) is 12.0 Å². The van der Waals surface area contributed by atoms with Gasteiger partial charge in [0.25, 0.3) is 5.91 Å². The summed E-state index contributed by atoms with van der Waals surface area (Å²) in [4.78, 5) is 26.2. The lowest BCUT2D eigenvalue weighted by molar-refractivity contribution is -0.139. The molecule has 0 saturated carbocycles. The zero-order valence-electron chi connectivity index (χ0n) is 20.4. The van der Waals surface area contributed by atoms with Crippen molar-refractivity contribution in [2.24, 2.45) is 0 Å². The first-order chi connectivity index (χ1) is 17.5. The summed E-state index contributed by atoms with van der Waals surface area (Å²) in [6, 6.07) is 27.7. The van der Waals surface area contributed by atoms with Gasteiger partial charge in [-0.25, -0.2) is 4.79 Å². The second-order valence-electron chi connectivity index (χ2n) is 8.64. The summed E-state index contributed by atoms with van der Waals surface area (Å²) in [5, 5.41) is 14.8. The molecule has 6 heteroatoms. The predicted octanol–water partition coefficient (Wildman–Crippen LogP) is 7.04. The van der Waals surface area contributed by atoms with Gasteiger partial charge in [-0.05, 0) is 82.6 Å². The van der Waals surface area contributed by atoms with E-state index in [-0.39, 0.29) is 5.91 Å². The highest BCUT2D eigenvalue weighted by Crippen LogP contribution is 2.32. The van der Waals surface area contributed by atoms with Crippen LogP contribution >= 0.6 is 23.5 Å². The predicted molar refractivity (Wildman–Crippen MR) is 152 cm³/mol. The van der Waals surface area contributed by atoms with Gasteiger partial charge in [0, 0.05) is 16.2 Å². The normalized spacial score (nSPS) is 11.8. The lowest BCUT2D eigenvalue weighted by atomic mass is 9.94. The molecule has 0 aromatic heterocycles. The van der Waals surface area contributed by atoms with Crippen molar-refractivity contribution >= 4 is 46.2 Å². The van der Waals surface area contributed by atoms with Crippen LogP contribution in [-0.2, 0) is 10.5 Å². The van der Waals surface area contributed by atoms with Crippen LogP contribution in [0.4, 0.5) is 0 Å². The van der Waals surface area contributed by atoms with Gasteiger partial charge in [0.05, 0.1) is 0 Å². The van der Waals surface area contributed by atoms with E-state index in [0.717, 1.165) is 28.0 Å². The molecule has 4 nitrogen and oxygen atoms in total. The summed E-state index contributed by atoms with van der Waals surface area (Å²) in [5.41, 5.74) is 4.43. The highest BCUT2D eigenvalue weighted by Gasteiger charge is 2.22. The zero-order valence-corrected chi connectivity index (χ0v) is 22.0. The topological polar surface area (TPSA) is 66.4 Å². The molecule has 0 aliphatic rings. The number of benzene rings is 4. The van der Waals surface area contributed by atoms with Gasteiger partial charge in [-0.3, -0.25) is 4.79 Å². The van der Waals surface area contributed by atoms with Gasteiger partial charge in [0.1, 0.15) is 6.04 Å². The summed E-state index contributed by atoms with van der Waals surface area (Å²) in [7, 11) is 0. The average Bonchev–Trinajstić information content (AvgIpc) is 2.89. The number of thioether (sulfide) groups is 2. The van der Waals surface area contributed by atoms with Gasteiger partial charge >= 0.3 is 5.97 Å². The molecule has 4 aromatic carbocycles. The van der Waals surface area contributed by atoms with Crippen LogP contribution in [0, 0.1) is 6.92 Å². The smallest absolute Gasteiger partial charge is 0.326 e. The van der Waals surface area contributed by atoms with Crippen molar-refractivity contribution in [3.05, 3.63) is 102 Å². The van der Waals surface area contributed by atoms with E-state index in [9.17, 15) is 14.7 Å². The summed E-state index contributed by atoms with van der Waals surface area (Å²) in [5.74, 6) is 0.0333. The average molecular weight is 516 g/mol. The van der Waals surface area contributed by atoms with Crippen molar-refractivity contribution in [3.63, 3.8) is 0 Å². The number of carbonyl (C=O) groups excluding carboxylic acids is 1. The molecule has 0 fully saturated rings.